The molecule has 0 aliphatic carbocycles. The van der Waals surface area contributed by atoms with Crippen molar-refractivity contribution in [2.24, 2.45) is 0 Å². The molecule has 15 nitrogen and oxygen atoms in total. The smallest absolute Gasteiger partial charge is 0.416 e. The van der Waals surface area contributed by atoms with E-state index in [9.17, 15) is 32.7 Å². The molecule has 2 aliphatic rings. The number of anilines is 3. The number of benzene rings is 1. The zero-order valence-corrected chi connectivity index (χ0v) is 28.0. The lowest BCUT2D eigenvalue weighted by atomic mass is 10.2. The number of amides is 2. The Bertz CT molecular complexity index is 2220. The minimum Gasteiger partial charge on any atom is -0.504 e. The summed E-state index contributed by atoms with van der Waals surface area (Å²) in [5.41, 5.74) is 1.30. The zero-order chi connectivity index (χ0) is 36.2. The van der Waals surface area contributed by atoms with Crippen molar-refractivity contribution in [1.82, 2.24) is 34.0 Å². The van der Waals surface area contributed by atoms with Gasteiger partial charge in [-0.25, -0.2) is 9.97 Å². The summed E-state index contributed by atoms with van der Waals surface area (Å²) in [5, 5.41) is 17.2. The van der Waals surface area contributed by atoms with Crippen LogP contribution in [0.15, 0.2) is 46.3 Å². The molecule has 0 spiro atoms. The normalized spacial score (nSPS) is 14.7. The van der Waals surface area contributed by atoms with E-state index in [1.165, 1.54) is 11.2 Å². The Morgan fingerprint density at radius 1 is 1.06 bits per heavy atom. The van der Waals surface area contributed by atoms with Crippen LogP contribution in [-0.4, -0.2) is 77.1 Å². The van der Waals surface area contributed by atoms with Crippen LogP contribution in [0.3, 0.4) is 0 Å². The van der Waals surface area contributed by atoms with Crippen molar-refractivity contribution >= 4 is 46.5 Å². The quantitative estimate of drug-likeness (QED) is 0.251. The van der Waals surface area contributed by atoms with Crippen molar-refractivity contribution < 1.29 is 32.3 Å². The van der Waals surface area contributed by atoms with Gasteiger partial charge in [0.2, 0.25) is 17.6 Å². The molecule has 2 aliphatic heterocycles. The van der Waals surface area contributed by atoms with Crippen molar-refractivity contribution in [3.8, 4) is 5.75 Å². The number of nitrogens with zero attached hydrogens (tertiary/aromatic N) is 9. The van der Waals surface area contributed by atoms with E-state index in [0.717, 1.165) is 33.8 Å². The molecule has 0 atom stereocenters. The van der Waals surface area contributed by atoms with Gasteiger partial charge < -0.3 is 34.1 Å². The number of piperazine rings is 1. The summed E-state index contributed by atoms with van der Waals surface area (Å²) in [5.74, 6) is -1.08. The van der Waals surface area contributed by atoms with E-state index in [0.29, 0.717) is 18.8 Å². The highest BCUT2D eigenvalue weighted by Gasteiger charge is 2.33. The number of alkyl halides is 3. The Labute approximate surface area is 291 Å². The van der Waals surface area contributed by atoms with Crippen molar-refractivity contribution in [3.05, 3.63) is 86.2 Å². The van der Waals surface area contributed by atoms with Crippen LogP contribution in [0.25, 0.3) is 5.78 Å². The van der Waals surface area contributed by atoms with E-state index in [1.807, 2.05) is 16.7 Å². The highest BCUT2D eigenvalue weighted by atomic mass is 35.5. The summed E-state index contributed by atoms with van der Waals surface area (Å²) in [4.78, 5) is 58.7. The van der Waals surface area contributed by atoms with E-state index >= 15 is 0 Å². The molecule has 4 aromatic heterocycles. The maximum atomic E-state index is 14.2. The third kappa shape index (κ3) is 6.19. The maximum Gasteiger partial charge on any atom is 0.416 e. The molecule has 1 saturated heterocycles. The second-order valence-corrected chi connectivity index (χ2v) is 12.5. The Kier molecular flexibility index (Phi) is 8.56. The Balaban J connectivity index is 1.23. The third-order valence-electron chi connectivity index (χ3n) is 8.95. The van der Waals surface area contributed by atoms with Gasteiger partial charge >= 0.3 is 6.18 Å². The topological polar surface area (TPSA) is 167 Å². The molecule has 2 amide bonds. The first-order chi connectivity index (χ1) is 24.3. The van der Waals surface area contributed by atoms with E-state index < -0.39 is 29.1 Å². The molecule has 1 fully saturated rings. The first-order valence-corrected chi connectivity index (χ1v) is 16.2. The molecule has 7 rings (SSSR count). The number of halogens is 4. The summed E-state index contributed by atoms with van der Waals surface area (Å²) < 4.78 is 47.6. The monoisotopic (exact) mass is 726 g/mol. The van der Waals surface area contributed by atoms with Crippen LogP contribution < -0.4 is 20.7 Å². The molecule has 51 heavy (non-hydrogen) atoms. The molecule has 266 valence electrons. The highest BCUT2D eigenvalue weighted by molar-refractivity contribution is 6.33. The third-order valence-corrected chi connectivity index (χ3v) is 9.26. The molecule has 0 unspecified atom stereocenters. The summed E-state index contributed by atoms with van der Waals surface area (Å²) in [6.07, 6.45) is 0.132. The molecule has 19 heteroatoms. The number of aryl methyl sites for hydroxylation is 1. The van der Waals surface area contributed by atoms with E-state index in [1.54, 1.807) is 24.0 Å². The predicted molar refractivity (Wildman–Crippen MR) is 177 cm³/mol. The average molecular weight is 727 g/mol. The molecule has 2 N–H and O–H groups in total. The van der Waals surface area contributed by atoms with Crippen LogP contribution in [0.4, 0.5) is 30.5 Å². The number of aromatic hydroxyl groups is 1. The maximum absolute atomic E-state index is 14.2. The van der Waals surface area contributed by atoms with Gasteiger partial charge in [0.1, 0.15) is 18.6 Å². The fraction of sp³-hybridized carbons (Fsp3) is 0.344. The van der Waals surface area contributed by atoms with Gasteiger partial charge in [0.05, 0.1) is 40.2 Å². The van der Waals surface area contributed by atoms with E-state index in [4.69, 9.17) is 16.0 Å². The Hall–Kier alpha value is -5.65. The van der Waals surface area contributed by atoms with Crippen molar-refractivity contribution in [3.63, 3.8) is 0 Å². The SMILES string of the molecule is CCc1c(N2CCN(C(=O)c3ncnc(C)c3O)CC2)c(=O)n2nc(N3Cc4cocc4C3)nc2n1CC(=O)Nc1ccc(C(F)(F)F)cc1Cl. The lowest BCUT2D eigenvalue weighted by Gasteiger charge is -2.36. The van der Waals surface area contributed by atoms with Crippen LogP contribution in [0.5, 0.6) is 5.75 Å². The van der Waals surface area contributed by atoms with E-state index in [2.05, 4.69) is 25.4 Å². The lowest BCUT2D eigenvalue weighted by molar-refractivity contribution is -0.137. The number of carbonyl (C=O) groups is 2. The van der Waals surface area contributed by atoms with Crippen LogP contribution in [0, 0.1) is 6.92 Å². The number of hydrogen-bond donors (Lipinski definition) is 2. The first kappa shape index (κ1) is 33.8. The summed E-state index contributed by atoms with van der Waals surface area (Å²) in [6, 6.07) is 2.62. The first-order valence-electron chi connectivity index (χ1n) is 15.9. The number of fused-ring (bicyclic) bond motifs is 2. The number of hydrogen-bond acceptors (Lipinski definition) is 11. The van der Waals surface area contributed by atoms with Crippen molar-refractivity contribution in [1.29, 1.82) is 0 Å². The Morgan fingerprint density at radius 2 is 1.76 bits per heavy atom. The van der Waals surface area contributed by atoms with Crippen LogP contribution in [-0.2, 0) is 37.0 Å². The number of aromatic nitrogens is 6. The zero-order valence-electron chi connectivity index (χ0n) is 27.2. The van der Waals surface area contributed by atoms with Crippen LogP contribution in [0.1, 0.15) is 45.5 Å². The summed E-state index contributed by atoms with van der Waals surface area (Å²) in [7, 11) is 0. The molecule has 0 saturated carbocycles. The van der Waals surface area contributed by atoms with Crippen LogP contribution >= 0.6 is 11.6 Å². The number of furan rings is 1. The molecule has 0 radical (unpaired) electrons. The Morgan fingerprint density at radius 3 is 2.41 bits per heavy atom. The molecule has 0 bridgehead atoms. The molecule has 5 aromatic rings. The number of carbonyl (C=O) groups excluding carboxylic acids is 2. The van der Waals surface area contributed by atoms with E-state index in [-0.39, 0.29) is 84.4 Å². The van der Waals surface area contributed by atoms with Gasteiger partial charge in [-0.15, -0.1) is 5.10 Å². The number of nitrogens with one attached hydrogen (secondary N) is 1. The van der Waals surface area contributed by atoms with Gasteiger partial charge in [-0.05, 0) is 31.5 Å². The second kappa shape index (κ2) is 12.9. The molecular weight excluding hydrogens is 697 g/mol. The fourth-order valence-electron chi connectivity index (χ4n) is 6.32. The lowest BCUT2D eigenvalue weighted by Crippen LogP contribution is -2.51. The van der Waals surface area contributed by atoms with Crippen molar-refractivity contribution in [2.45, 2.75) is 46.1 Å². The average Bonchev–Trinajstić information content (AvgIpc) is 3.83. The predicted octanol–water partition coefficient (Wildman–Crippen LogP) is 3.64. The molecule has 6 heterocycles. The largest absolute Gasteiger partial charge is 0.504 e. The van der Waals surface area contributed by atoms with Gasteiger partial charge in [0.15, 0.2) is 11.4 Å². The minimum absolute atomic E-state index is 0.0229. The van der Waals surface area contributed by atoms with Crippen molar-refractivity contribution in [2.75, 3.05) is 41.3 Å². The standard InChI is InChI=1S/C32H30ClF3N10O5/c1-3-23-26(42-6-8-43(9-7-42)28(49)25-27(48)17(2)37-16-38-25)29(50)46-31(40-30(41-46)44-11-18-14-51-15-19(18)12-44)45(23)13-24(47)39-22-5-4-20(10-21(22)33)32(34,35)36/h4-5,10,14-16,48H,3,6-9,11-13H2,1-2H3,(H,39,47). The molecule has 1 aromatic carbocycles. The highest BCUT2D eigenvalue weighted by Crippen LogP contribution is 2.34. The fourth-order valence-corrected chi connectivity index (χ4v) is 6.55. The number of rotatable bonds is 7. The minimum atomic E-state index is -4.62. The second-order valence-electron chi connectivity index (χ2n) is 12.1. The van der Waals surface area contributed by atoms with Gasteiger partial charge in [0.25, 0.3) is 11.5 Å². The molecular formula is C32H30ClF3N10O5. The summed E-state index contributed by atoms with van der Waals surface area (Å²) >= 11 is 6.12. The summed E-state index contributed by atoms with van der Waals surface area (Å²) in [6.45, 7) is 4.71. The van der Waals surface area contributed by atoms with Crippen LogP contribution in [0.2, 0.25) is 5.02 Å². The van der Waals surface area contributed by atoms with Gasteiger partial charge in [-0.2, -0.15) is 22.7 Å². The van der Waals surface area contributed by atoms with Gasteiger partial charge in [-0.3, -0.25) is 14.4 Å². The van der Waals surface area contributed by atoms with Gasteiger partial charge in [-0.1, -0.05) is 18.5 Å². The van der Waals surface area contributed by atoms with Gasteiger partial charge in [0, 0.05) is 50.4 Å².